The van der Waals surface area contributed by atoms with Gasteiger partial charge in [0.2, 0.25) is 0 Å². The van der Waals surface area contributed by atoms with Crippen molar-refractivity contribution in [3.8, 4) is 11.5 Å². The Morgan fingerprint density at radius 3 is 2.46 bits per heavy atom. The van der Waals surface area contributed by atoms with E-state index in [9.17, 15) is 0 Å². The number of benzene rings is 2. The Balaban J connectivity index is 1.82. The van der Waals surface area contributed by atoms with E-state index >= 15 is 0 Å². The van der Waals surface area contributed by atoms with Crippen molar-refractivity contribution in [1.82, 2.24) is 9.97 Å². The van der Waals surface area contributed by atoms with Gasteiger partial charge in [0, 0.05) is 11.5 Å². The Morgan fingerprint density at radius 1 is 0.958 bits per heavy atom. The predicted molar refractivity (Wildman–Crippen MR) is 96.4 cm³/mol. The molecule has 0 aliphatic carbocycles. The minimum absolute atomic E-state index is 0.669. The van der Waals surface area contributed by atoms with Gasteiger partial charge >= 0.3 is 0 Å². The van der Waals surface area contributed by atoms with Gasteiger partial charge in [-0.1, -0.05) is 36.4 Å². The third-order valence-corrected chi connectivity index (χ3v) is 3.89. The molecule has 0 spiro atoms. The maximum Gasteiger partial charge on any atom is 0.162 e. The SMILES string of the molecule is COc1cc2ncnc(/C=C/CCc3ccccc3)c2cc1OC. The molecule has 4 heteroatoms. The lowest BCUT2D eigenvalue weighted by molar-refractivity contribution is 0.356. The predicted octanol–water partition coefficient (Wildman–Crippen LogP) is 4.29. The van der Waals surface area contributed by atoms with Gasteiger partial charge in [0.05, 0.1) is 25.4 Å². The van der Waals surface area contributed by atoms with Crippen LogP contribution in [-0.4, -0.2) is 24.2 Å². The van der Waals surface area contributed by atoms with Crippen molar-refractivity contribution in [3.63, 3.8) is 0 Å². The summed E-state index contributed by atoms with van der Waals surface area (Å²) in [4.78, 5) is 8.71. The van der Waals surface area contributed by atoms with E-state index in [4.69, 9.17) is 9.47 Å². The number of ether oxygens (including phenoxy) is 2. The van der Waals surface area contributed by atoms with Gasteiger partial charge in [0.1, 0.15) is 6.33 Å². The third-order valence-electron chi connectivity index (χ3n) is 3.89. The van der Waals surface area contributed by atoms with Crippen molar-refractivity contribution < 1.29 is 9.47 Å². The largest absolute Gasteiger partial charge is 0.493 e. The molecule has 0 fully saturated rings. The molecule has 24 heavy (non-hydrogen) atoms. The van der Waals surface area contributed by atoms with E-state index in [-0.39, 0.29) is 0 Å². The lowest BCUT2D eigenvalue weighted by Crippen LogP contribution is -1.94. The van der Waals surface area contributed by atoms with Crippen LogP contribution in [0, 0.1) is 0 Å². The summed E-state index contributed by atoms with van der Waals surface area (Å²) in [6, 6.07) is 14.2. The molecule has 1 aromatic heterocycles. The number of nitrogens with zero attached hydrogens (tertiary/aromatic N) is 2. The number of hydrogen-bond acceptors (Lipinski definition) is 4. The zero-order chi connectivity index (χ0) is 16.8. The number of rotatable bonds is 6. The second-order valence-electron chi connectivity index (χ2n) is 5.41. The molecule has 3 aromatic rings. The van der Waals surface area contributed by atoms with Crippen molar-refractivity contribution in [2.75, 3.05) is 14.2 Å². The Bertz CT molecular complexity index is 845. The Kier molecular flexibility index (Phi) is 5.06. The maximum absolute atomic E-state index is 5.38. The summed E-state index contributed by atoms with van der Waals surface area (Å²) in [6.45, 7) is 0. The highest BCUT2D eigenvalue weighted by Crippen LogP contribution is 2.32. The quantitative estimate of drug-likeness (QED) is 0.679. The summed E-state index contributed by atoms with van der Waals surface area (Å²) >= 11 is 0. The number of aryl methyl sites for hydroxylation is 1. The summed E-state index contributed by atoms with van der Waals surface area (Å²) in [6.07, 6.45) is 7.73. The average Bonchev–Trinajstić information content (AvgIpc) is 2.65. The minimum Gasteiger partial charge on any atom is -0.493 e. The van der Waals surface area contributed by atoms with Crippen molar-refractivity contribution in [2.45, 2.75) is 12.8 Å². The first-order valence-electron chi connectivity index (χ1n) is 7.89. The van der Waals surface area contributed by atoms with Crippen molar-refractivity contribution >= 4 is 17.0 Å². The number of hydrogen-bond donors (Lipinski definition) is 0. The minimum atomic E-state index is 0.669. The Hall–Kier alpha value is -2.88. The molecule has 0 radical (unpaired) electrons. The smallest absolute Gasteiger partial charge is 0.162 e. The molecule has 0 N–H and O–H groups in total. The van der Waals surface area contributed by atoms with Crippen LogP contribution in [0.3, 0.4) is 0 Å². The number of aromatic nitrogens is 2. The molecule has 122 valence electrons. The highest BCUT2D eigenvalue weighted by Gasteiger charge is 2.09. The second-order valence-corrected chi connectivity index (χ2v) is 5.41. The molecule has 0 atom stereocenters. The summed E-state index contributed by atoms with van der Waals surface area (Å²) in [5.41, 5.74) is 3.06. The Labute approximate surface area is 141 Å². The van der Waals surface area contributed by atoms with Gasteiger partial charge in [-0.15, -0.1) is 0 Å². The topological polar surface area (TPSA) is 44.2 Å². The zero-order valence-electron chi connectivity index (χ0n) is 13.9. The first-order valence-corrected chi connectivity index (χ1v) is 7.89. The van der Waals surface area contributed by atoms with Crippen molar-refractivity contribution in [1.29, 1.82) is 0 Å². The first-order chi connectivity index (χ1) is 11.8. The lowest BCUT2D eigenvalue weighted by Gasteiger charge is -2.09. The van der Waals surface area contributed by atoms with Crippen LogP contribution in [0.2, 0.25) is 0 Å². The van der Waals surface area contributed by atoms with E-state index in [0.717, 1.165) is 29.4 Å². The van der Waals surface area contributed by atoms with Gasteiger partial charge in [0.15, 0.2) is 11.5 Å². The summed E-state index contributed by atoms with van der Waals surface area (Å²) < 4.78 is 10.7. The van der Waals surface area contributed by atoms with Gasteiger partial charge in [-0.2, -0.15) is 0 Å². The molecule has 3 rings (SSSR count). The van der Waals surface area contributed by atoms with Crippen LogP contribution in [0.1, 0.15) is 17.7 Å². The summed E-state index contributed by atoms with van der Waals surface area (Å²) in [5, 5.41) is 0.950. The van der Waals surface area contributed by atoms with Crippen LogP contribution in [-0.2, 0) is 6.42 Å². The molecule has 0 saturated carbocycles. The molecule has 0 bridgehead atoms. The molecular weight excluding hydrogens is 300 g/mol. The van der Waals surface area contributed by atoms with Gasteiger partial charge < -0.3 is 9.47 Å². The molecule has 0 unspecified atom stereocenters. The molecule has 2 aromatic carbocycles. The fraction of sp³-hybridized carbons (Fsp3) is 0.200. The van der Waals surface area contributed by atoms with Crippen LogP contribution in [0.25, 0.3) is 17.0 Å². The van der Waals surface area contributed by atoms with E-state index in [0.29, 0.717) is 11.5 Å². The second kappa shape index (κ2) is 7.59. The summed E-state index contributed by atoms with van der Waals surface area (Å²) in [5.74, 6) is 1.35. The molecular formula is C20H20N2O2. The standard InChI is InChI=1S/C20H20N2O2/c1-23-19-12-16-17(21-14-22-18(16)13-20(19)24-2)11-7-6-10-15-8-4-3-5-9-15/h3-5,7-9,11-14H,6,10H2,1-2H3/b11-7+. The van der Waals surface area contributed by atoms with Crippen molar-refractivity contribution in [2.24, 2.45) is 0 Å². The Morgan fingerprint density at radius 2 is 1.71 bits per heavy atom. The van der Waals surface area contributed by atoms with E-state index in [1.54, 1.807) is 20.5 Å². The van der Waals surface area contributed by atoms with Gasteiger partial charge in [-0.25, -0.2) is 9.97 Å². The van der Waals surface area contributed by atoms with Gasteiger partial charge in [-0.05, 0) is 30.5 Å². The van der Waals surface area contributed by atoms with E-state index in [2.05, 4.69) is 40.3 Å². The third kappa shape index (κ3) is 3.54. The van der Waals surface area contributed by atoms with Crippen LogP contribution < -0.4 is 9.47 Å². The van der Waals surface area contributed by atoms with E-state index < -0.39 is 0 Å². The molecule has 0 amide bonds. The number of allylic oxidation sites excluding steroid dienone is 1. The van der Waals surface area contributed by atoms with E-state index in [1.807, 2.05) is 24.3 Å². The van der Waals surface area contributed by atoms with Crippen LogP contribution in [0.15, 0.2) is 54.9 Å². The molecule has 1 heterocycles. The summed E-state index contributed by atoms with van der Waals surface area (Å²) in [7, 11) is 3.25. The number of fused-ring (bicyclic) bond motifs is 1. The first kappa shape index (κ1) is 16.0. The van der Waals surface area contributed by atoms with E-state index in [1.165, 1.54) is 5.56 Å². The van der Waals surface area contributed by atoms with Gasteiger partial charge in [0.25, 0.3) is 0 Å². The normalized spacial score (nSPS) is 11.1. The highest BCUT2D eigenvalue weighted by atomic mass is 16.5. The fourth-order valence-electron chi connectivity index (χ4n) is 2.63. The molecule has 0 saturated heterocycles. The molecule has 0 aliphatic rings. The zero-order valence-corrected chi connectivity index (χ0v) is 13.9. The van der Waals surface area contributed by atoms with Crippen molar-refractivity contribution in [3.05, 3.63) is 66.1 Å². The fourth-order valence-corrected chi connectivity index (χ4v) is 2.63. The number of methoxy groups -OCH3 is 2. The molecule has 4 nitrogen and oxygen atoms in total. The van der Waals surface area contributed by atoms with Gasteiger partial charge in [-0.3, -0.25) is 0 Å². The van der Waals surface area contributed by atoms with Crippen LogP contribution >= 0.6 is 0 Å². The average molecular weight is 320 g/mol. The highest BCUT2D eigenvalue weighted by molar-refractivity contribution is 5.88. The monoisotopic (exact) mass is 320 g/mol. The van der Waals surface area contributed by atoms with Crippen LogP contribution in [0.5, 0.6) is 11.5 Å². The molecule has 0 aliphatic heterocycles. The maximum atomic E-state index is 5.38. The van der Waals surface area contributed by atoms with Crippen LogP contribution in [0.4, 0.5) is 0 Å². The lowest BCUT2D eigenvalue weighted by atomic mass is 10.1.